The molecule has 0 atom stereocenters. The molecule has 0 aliphatic heterocycles. The summed E-state index contributed by atoms with van der Waals surface area (Å²) in [6.07, 6.45) is 1.44. The van der Waals surface area contributed by atoms with Crippen LogP contribution in [0.5, 0.6) is 0 Å². The van der Waals surface area contributed by atoms with Crippen molar-refractivity contribution in [3.63, 3.8) is 0 Å². The Morgan fingerprint density at radius 1 is 1.22 bits per heavy atom. The van der Waals surface area contributed by atoms with E-state index in [4.69, 9.17) is 4.74 Å². The molecule has 3 aromatic rings. The standard InChI is InChI=1S/C24H22FN3O3S/c1-15-7-6-8-16(2)21(15)28-23(30)20(13-17-9-4-5-10-19(17)25)32-24(28)18(14-26)22(29)27-11-12-31-3/h4-10,13H,11-12H2,1-3H3,(H,27,29)/b20-13-,24-18-. The first-order chi connectivity index (χ1) is 15.4. The van der Waals surface area contributed by atoms with Gasteiger partial charge in [-0.3, -0.25) is 14.2 Å². The molecule has 3 rings (SSSR count). The number of ether oxygens (including phenoxy) is 1. The summed E-state index contributed by atoms with van der Waals surface area (Å²) < 4.78 is 20.9. The number of nitrogens with one attached hydrogen (secondary N) is 1. The number of hydrogen-bond acceptors (Lipinski definition) is 5. The minimum Gasteiger partial charge on any atom is -0.383 e. The number of aromatic nitrogens is 1. The first-order valence-electron chi connectivity index (χ1n) is 9.85. The molecule has 1 N–H and O–H groups in total. The average Bonchev–Trinajstić information content (AvgIpc) is 3.06. The Kier molecular flexibility index (Phi) is 7.36. The van der Waals surface area contributed by atoms with Gasteiger partial charge in [-0.15, -0.1) is 11.3 Å². The quantitative estimate of drug-likeness (QED) is 0.581. The van der Waals surface area contributed by atoms with Gasteiger partial charge in [-0.1, -0.05) is 36.4 Å². The molecular weight excluding hydrogens is 429 g/mol. The van der Waals surface area contributed by atoms with E-state index in [0.717, 1.165) is 22.5 Å². The summed E-state index contributed by atoms with van der Waals surface area (Å²) in [5.41, 5.74) is 1.83. The van der Waals surface area contributed by atoms with Crippen LogP contribution in [0.15, 0.2) is 47.3 Å². The van der Waals surface area contributed by atoms with Gasteiger partial charge >= 0.3 is 0 Å². The van der Waals surface area contributed by atoms with E-state index in [0.29, 0.717) is 5.69 Å². The SMILES string of the molecule is COCCNC(=O)/C(C#N)=c1\s/c(=C\c2ccccc2F)c(=O)n1-c1c(C)cccc1C. The number of benzene rings is 2. The maximum Gasteiger partial charge on any atom is 0.273 e. The fourth-order valence-corrected chi connectivity index (χ4v) is 4.37. The molecule has 0 bridgehead atoms. The molecule has 1 heterocycles. The predicted molar refractivity (Wildman–Crippen MR) is 123 cm³/mol. The second kappa shape index (κ2) is 10.2. The number of methoxy groups -OCH3 is 1. The third-order valence-corrected chi connectivity index (χ3v) is 5.92. The van der Waals surface area contributed by atoms with Crippen LogP contribution in [0, 0.1) is 31.0 Å². The van der Waals surface area contributed by atoms with E-state index < -0.39 is 17.3 Å². The summed E-state index contributed by atoms with van der Waals surface area (Å²) in [4.78, 5) is 26.2. The summed E-state index contributed by atoms with van der Waals surface area (Å²) in [7, 11) is 1.50. The van der Waals surface area contributed by atoms with Crippen LogP contribution < -0.4 is 20.1 Å². The zero-order chi connectivity index (χ0) is 23.3. The van der Waals surface area contributed by atoms with Crippen molar-refractivity contribution in [1.82, 2.24) is 9.88 Å². The number of nitrogens with zero attached hydrogens (tertiary/aromatic N) is 2. The molecule has 0 aliphatic rings. The molecule has 32 heavy (non-hydrogen) atoms. The van der Waals surface area contributed by atoms with Gasteiger partial charge in [-0.2, -0.15) is 5.26 Å². The Labute approximate surface area is 188 Å². The predicted octanol–water partition coefficient (Wildman–Crippen LogP) is 1.92. The first kappa shape index (κ1) is 23.1. The molecular formula is C24H22FN3O3S. The number of thiazole rings is 1. The van der Waals surface area contributed by atoms with Gasteiger partial charge in [0.25, 0.3) is 11.5 Å². The third-order valence-electron chi connectivity index (χ3n) is 4.82. The van der Waals surface area contributed by atoms with Gasteiger partial charge in [0.15, 0.2) is 5.57 Å². The highest BCUT2D eigenvalue weighted by Crippen LogP contribution is 2.16. The summed E-state index contributed by atoms with van der Waals surface area (Å²) in [5, 5.41) is 12.4. The molecule has 8 heteroatoms. The van der Waals surface area contributed by atoms with Crippen molar-refractivity contribution >= 4 is 28.9 Å². The van der Waals surface area contributed by atoms with Crippen molar-refractivity contribution in [3.05, 3.63) is 84.5 Å². The van der Waals surface area contributed by atoms with Gasteiger partial charge in [0.2, 0.25) is 0 Å². The highest BCUT2D eigenvalue weighted by molar-refractivity contribution is 7.07. The minimum atomic E-state index is -0.608. The Hall–Kier alpha value is -3.54. The average molecular weight is 452 g/mol. The van der Waals surface area contributed by atoms with Gasteiger partial charge in [-0.25, -0.2) is 4.39 Å². The second-order valence-corrected chi connectivity index (χ2v) is 8.08. The molecule has 0 aliphatic carbocycles. The summed E-state index contributed by atoms with van der Waals surface area (Å²) in [5.74, 6) is -1.08. The molecule has 0 saturated carbocycles. The number of hydrogen-bond donors (Lipinski definition) is 1. The Balaban J connectivity index is 2.39. The first-order valence-corrected chi connectivity index (χ1v) is 10.7. The van der Waals surface area contributed by atoms with Crippen LogP contribution in [-0.2, 0) is 9.53 Å². The Bertz CT molecular complexity index is 1360. The smallest absolute Gasteiger partial charge is 0.273 e. The Morgan fingerprint density at radius 2 is 1.91 bits per heavy atom. The van der Waals surface area contributed by atoms with Crippen molar-refractivity contribution in [3.8, 4) is 11.8 Å². The Morgan fingerprint density at radius 3 is 2.53 bits per heavy atom. The number of rotatable bonds is 6. The molecule has 0 radical (unpaired) electrons. The van der Waals surface area contributed by atoms with Crippen molar-refractivity contribution in [2.45, 2.75) is 13.8 Å². The molecule has 6 nitrogen and oxygen atoms in total. The summed E-state index contributed by atoms with van der Waals surface area (Å²) in [6.45, 7) is 4.20. The highest BCUT2D eigenvalue weighted by Gasteiger charge is 2.18. The molecule has 0 fully saturated rings. The van der Waals surface area contributed by atoms with Gasteiger partial charge in [0.05, 0.1) is 16.8 Å². The topological polar surface area (TPSA) is 84.1 Å². The van der Waals surface area contributed by atoms with Crippen LogP contribution in [0.25, 0.3) is 17.3 Å². The molecule has 1 amide bonds. The zero-order valence-electron chi connectivity index (χ0n) is 17.9. The van der Waals surface area contributed by atoms with Crippen LogP contribution in [0.4, 0.5) is 4.39 Å². The van der Waals surface area contributed by atoms with E-state index in [1.165, 1.54) is 23.8 Å². The van der Waals surface area contributed by atoms with E-state index in [1.807, 2.05) is 38.1 Å². The molecule has 0 unspecified atom stereocenters. The fourth-order valence-electron chi connectivity index (χ4n) is 3.30. The third kappa shape index (κ3) is 4.69. The van der Waals surface area contributed by atoms with Crippen LogP contribution in [-0.4, -0.2) is 30.7 Å². The monoisotopic (exact) mass is 451 g/mol. The fraction of sp³-hybridized carbons (Fsp3) is 0.208. The normalized spacial score (nSPS) is 12.4. The number of para-hydroxylation sites is 1. The lowest BCUT2D eigenvalue weighted by Gasteiger charge is -2.11. The number of carbonyl (C=O) groups is 1. The molecule has 2 aromatic carbocycles. The maximum atomic E-state index is 14.2. The number of halogens is 1. The van der Waals surface area contributed by atoms with Crippen molar-refractivity contribution in [1.29, 1.82) is 5.26 Å². The van der Waals surface area contributed by atoms with Crippen molar-refractivity contribution < 1.29 is 13.9 Å². The lowest BCUT2D eigenvalue weighted by Crippen LogP contribution is -2.35. The molecule has 0 saturated heterocycles. The highest BCUT2D eigenvalue weighted by atomic mass is 32.1. The van der Waals surface area contributed by atoms with Gasteiger partial charge in [0.1, 0.15) is 16.5 Å². The second-order valence-electron chi connectivity index (χ2n) is 7.05. The minimum absolute atomic E-state index is 0.187. The van der Waals surface area contributed by atoms with Gasteiger partial charge < -0.3 is 10.1 Å². The van der Waals surface area contributed by atoms with Crippen LogP contribution in [0.3, 0.4) is 0 Å². The largest absolute Gasteiger partial charge is 0.383 e. The number of nitriles is 1. The van der Waals surface area contributed by atoms with Crippen molar-refractivity contribution in [2.75, 3.05) is 20.3 Å². The maximum absolute atomic E-state index is 14.2. The van der Waals surface area contributed by atoms with E-state index in [1.54, 1.807) is 18.2 Å². The number of aryl methyl sites for hydroxylation is 2. The van der Waals surface area contributed by atoms with Gasteiger partial charge in [0, 0.05) is 19.2 Å². The van der Waals surface area contributed by atoms with E-state index in [-0.39, 0.29) is 33.5 Å². The van der Waals surface area contributed by atoms with E-state index in [2.05, 4.69) is 5.32 Å². The molecule has 164 valence electrons. The van der Waals surface area contributed by atoms with E-state index >= 15 is 0 Å². The molecule has 1 aromatic heterocycles. The van der Waals surface area contributed by atoms with Gasteiger partial charge in [-0.05, 0) is 37.1 Å². The summed E-state index contributed by atoms with van der Waals surface area (Å²) >= 11 is 0.979. The number of amides is 1. The van der Waals surface area contributed by atoms with Crippen molar-refractivity contribution in [2.24, 2.45) is 0 Å². The number of carbonyl (C=O) groups excluding carboxylic acids is 1. The summed E-state index contributed by atoms with van der Waals surface area (Å²) in [6, 6.07) is 13.6. The van der Waals surface area contributed by atoms with Crippen LogP contribution in [0.1, 0.15) is 16.7 Å². The lowest BCUT2D eigenvalue weighted by atomic mass is 10.1. The lowest BCUT2D eigenvalue weighted by molar-refractivity contribution is -0.115. The molecule has 0 spiro atoms. The zero-order valence-corrected chi connectivity index (χ0v) is 18.8. The van der Waals surface area contributed by atoms with Crippen LogP contribution in [0.2, 0.25) is 0 Å². The van der Waals surface area contributed by atoms with E-state index in [9.17, 15) is 19.2 Å². The van der Waals surface area contributed by atoms with Crippen LogP contribution >= 0.6 is 11.3 Å².